The second-order valence-corrected chi connectivity index (χ2v) is 10.1. The van der Waals surface area contributed by atoms with Crippen molar-refractivity contribution in [2.75, 3.05) is 37.7 Å². The van der Waals surface area contributed by atoms with E-state index in [1.165, 1.54) is 12.1 Å². The zero-order valence-corrected chi connectivity index (χ0v) is 22.2. The van der Waals surface area contributed by atoms with Gasteiger partial charge in [0.25, 0.3) is 0 Å². The van der Waals surface area contributed by atoms with Crippen molar-refractivity contribution >= 4 is 23.0 Å². The maximum atomic E-state index is 14.2. The van der Waals surface area contributed by atoms with Gasteiger partial charge in [0.15, 0.2) is 0 Å². The number of anilines is 1. The van der Waals surface area contributed by atoms with Crippen LogP contribution < -0.4 is 9.64 Å². The molecule has 0 aliphatic carbocycles. The van der Waals surface area contributed by atoms with Crippen LogP contribution in [0.5, 0.6) is 5.88 Å². The number of carboxylic acid groups (broad SMARTS) is 1. The molecule has 0 unspecified atom stereocenters. The largest absolute Gasteiger partial charge is 0.478 e. The average Bonchev–Trinajstić information content (AvgIpc) is 3.30. The summed E-state index contributed by atoms with van der Waals surface area (Å²) in [7, 11) is 0. The molecular formula is C29H28FN7O4. The van der Waals surface area contributed by atoms with Crippen molar-refractivity contribution in [3.05, 3.63) is 77.0 Å². The predicted octanol–water partition coefficient (Wildman–Crippen LogP) is 3.23. The lowest BCUT2D eigenvalue weighted by molar-refractivity contribution is -0.0592. The molecule has 210 valence electrons. The molecule has 6 rings (SSSR count). The lowest BCUT2D eigenvalue weighted by Crippen LogP contribution is -2.47. The van der Waals surface area contributed by atoms with Gasteiger partial charge in [0.2, 0.25) is 11.8 Å². The van der Waals surface area contributed by atoms with Crippen LogP contribution in [0.2, 0.25) is 0 Å². The second-order valence-electron chi connectivity index (χ2n) is 10.1. The topological polar surface area (TPSA) is 130 Å². The molecule has 0 amide bonds. The predicted molar refractivity (Wildman–Crippen MR) is 146 cm³/mol. The van der Waals surface area contributed by atoms with Crippen molar-refractivity contribution in [3.63, 3.8) is 0 Å². The van der Waals surface area contributed by atoms with Crippen LogP contribution in [-0.2, 0) is 24.4 Å². The number of carboxylic acids is 1. The van der Waals surface area contributed by atoms with Crippen LogP contribution in [0.25, 0.3) is 11.0 Å². The Hall–Kier alpha value is -4.60. The van der Waals surface area contributed by atoms with Crippen LogP contribution in [0.15, 0.2) is 48.7 Å². The number of hydrogen-bond donors (Lipinski definition) is 1. The Kier molecular flexibility index (Phi) is 7.45. The van der Waals surface area contributed by atoms with E-state index in [9.17, 15) is 14.3 Å². The third-order valence-corrected chi connectivity index (χ3v) is 7.45. The SMILES string of the molecule is N#Cc1ccc(COc2ccnc(N3CCN(Cc4nc5ccc(C(=O)O)cc5n4C[C@@H]4CCO4)CC3)n2)c(F)c1. The fourth-order valence-corrected chi connectivity index (χ4v) is 5.02. The van der Waals surface area contributed by atoms with Crippen molar-refractivity contribution in [1.82, 2.24) is 24.4 Å². The molecule has 4 heterocycles. The van der Waals surface area contributed by atoms with Crippen molar-refractivity contribution in [1.29, 1.82) is 5.26 Å². The minimum absolute atomic E-state index is 0.0113. The Morgan fingerprint density at radius 1 is 1.15 bits per heavy atom. The highest BCUT2D eigenvalue weighted by Gasteiger charge is 2.25. The Morgan fingerprint density at radius 2 is 1.98 bits per heavy atom. The number of fused-ring (bicyclic) bond motifs is 1. The molecular weight excluding hydrogens is 529 g/mol. The average molecular weight is 558 g/mol. The number of carbonyl (C=O) groups is 1. The lowest BCUT2D eigenvalue weighted by atomic mass is 10.1. The summed E-state index contributed by atoms with van der Waals surface area (Å²) in [5.41, 5.74) is 2.41. The fraction of sp³-hybridized carbons (Fsp3) is 0.345. The molecule has 0 spiro atoms. The monoisotopic (exact) mass is 557 g/mol. The summed E-state index contributed by atoms with van der Waals surface area (Å²) < 4.78 is 27.7. The summed E-state index contributed by atoms with van der Waals surface area (Å²) in [6, 6.07) is 12.9. The minimum Gasteiger partial charge on any atom is -0.478 e. The Bertz CT molecular complexity index is 1620. The van der Waals surface area contributed by atoms with Crippen molar-refractivity contribution in [2.45, 2.75) is 32.2 Å². The van der Waals surface area contributed by atoms with Crippen molar-refractivity contribution in [2.24, 2.45) is 0 Å². The van der Waals surface area contributed by atoms with Gasteiger partial charge in [-0.3, -0.25) is 4.90 Å². The lowest BCUT2D eigenvalue weighted by Gasteiger charge is -2.35. The highest BCUT2D eigenvalue weighted by molar-refractivity contribution is 5.92. The van der Waals surface area contributed by atoms with Gasteiger partial charge in [-0.2, -0.15) is 10.2 Å². The van der Waals surface area contributed by atoms with E-state index in [1.807, 2.05) is 6.07 Å². The summed E-state index contributed by atoms with van der Waals surface area (Å²) in [6.07, 6.45) is 2.70. The number of piperazine rings is 1. The summed E-state index contributed by atoms with van der Waals surface area (Å²) >= 11 is 0. The molecule has 1 N–H and O–H groups in total. The molecule has 2 aliphatic rings. The van der Waals surface area contributed by atoms with Crippen LogP contribution in [0, 0.1) is 17.1 Å². The Balaban J connectivity index is 1.10. The number of nitrogens with zero attached hydrogens (tertiary/aromatic N) is 7. The van der Waals surface area contributed by atoms with Crippen LogP contribution >= 0.6 is 0 Å². The van der Waals surface area contributed by atoms with Gasteiger partial charge in [0.1, 0.15) is 18.2 Å². The third kappa shape index (κ3) is 5.82. The fourth-order valence-electron chi connectivity index (χ4n) is 5.02. The van der Waals surface area contributed by atoms with E-state index in [1.54, 1.807) is 36.5 Å². The number of ether oxygens (including phenoxy) is 2. The zero-order valence-electron chi connectivity index (χ0n) is 22.2. The van der Waals surface area contributed by atoms with Gasteiger partial charge in [-0.25, -0.2) is 19.2 Å². The zero-order chi connectivity index (χ0) is 28.3. The first-order valence-corrected chi connectivity index (χ1v) is 13.4. The van der Waals surface area contributed by atoms with Crippen molar-refractivity contribution < 1.29 is 23.8 Å². The third-order valence-electron chi connectivity index (χ3n) is 7.45. The van der Waals surface area contributed by atoms with Crippen molar-refractivity contribution in [3.8, 4) is 11.9 Å². The standard InChI is InChI=1S/C29H28FN7O4/c30-23-13-19(15-31)1-2-21(23)18-41-27-5-7-32-29(34-27)36-10-8-35(9-11-36)17-26-33-24-4-3-20(28(38)39)14-25(24)37(26)16-22-6-12-40-22/h1-5,7,13-14,22H,6,8-12,16-18H2,(H,38,39)/t22-/m0/s1. The second kappa shape index (κ2) is 11.5. The molecule has 2 fully saturated rings. The minimum atomic E-state index is -0.963. The molecule has 12 heteroatoms. The van der Waals surface area contributed by atoms with Gasteiger partial charge in [-0.1, -0.05) is 6.07 Å². The number of aromatic carboxylic acids is 1. The maximum Gasteiger partial charge on any atom is 0.335 e. The van der Waals surface area contributed by atoms with Gasteiger partial charge in [0.05, 0.1) is 47.4 Å². The summed E-state index contributed by atoms with van der Waals surface area (Å²) in [6.45, 7) is 4.91. The molecule has 0 bridgehead atoms. The molecule has 0 saturated carbocycles. The Morgan fingerprint density at radius 3 is 2.68 bits per heavy atom. The molecule has 2 aromatic carbocycles. The molecule has 0 radical (unpaired) electrons. The van der Waals surface area contributed by atoms with Crippen LogP contribution in [-0.4, -0.2) is 74.4 Å². The van der Waals surface area contributed by atoms with Gasteiger partial charge < -0.3 is 24.0 Å². The van der Waals surface area contributed by atoms with E-state index in [2.05, 4.69) is 24.3 Å². The number of hydrogen-bond acceptors (Lipinski definition) is 9. The van der Waals surface area contributed by atoms with E-state index < -0.39 is 11.8 Å². The summed E-state index contributed by atoms with van der Waals surface area (Å²) in [4.78, 5) is 29.7. The van der Waals surface area contributed by atoms with Crippen LogP contribution in [0.3, 0.4) is 0 Å². The normalized spacial score (nSPS) is 17.3. The molecule has 2 aliphatic heterocycles. The molecule has 11 nitrogen and oxygen atoms in total. The molecule has 1 atom stereocenters. The first kappa shape index (κ1) is 26.6. The quantitative estimate of drug-likeness (QED) is 0.327. The number of nitriles is 1. The summed E-state index contributed by atoms with van der Waals surface area (Å²) in [5.74, 6) is 0.306. The maximum absolute atomic E-state index is 14.2. The number of benzene rings is 2. The first-order chi connectivity index (χ1) is 20.0. The number of imidazole rings is 1. The highest BCUT2D eigenvalue weighted by atomic mass is 19.1. The number of halogens is 1. The number of rotatable bonds is 9. The van der Waals surface area contributed by atoms with E-state index in [4.69, 9.17) is 19.7 Å². The smallest absolute Gasteiger partial charge is 0.335 e. The van der Waals surface area contributed by atoms with Gasteiger partial charge in [-0.05, 0) is 36.8 Å². The number of aromatic nitrogens is 4. The van der Waals surface area contributed by atoms with E-state index in [0.717, 1.165) is 43.0 Å². The summed E-state index contributed by atoms with van der Waals surface area (Å²) in [5, 5.41) is 18.4. The van der Waals surface area contributed by atoms with Crippen LogP contribution in [0.1, 0.15) is 33.7 Å². The van der Waals surface area contributed by atoms with E-state index >= 15 is 0 Å². The molecule has 4 aromatic rings. The van der Waals surface area contributed by atoms with E-state index in [0.29, 0.717) is 43.6 Å². The van der Waals surface area contributed by atoms with E-state index in [-0.39, 0.29) is 23.8 Å². The highest BCUT2D eigenvalue weighted by Crippen LogP contribution is 2.24. The van der Waals surface area contributed by atoms with Gasteiger partial charge in [-0.15, -0.1) is 0 Å². The molecule has 2 aromatic heterocycles. The molecule has 2 saturated heterocycles. The van der Waals surface area contributed by atoms with Gasteiger partial charge >= 0.3 is 5.97 Å². The first-order valence-electron chi connectivity index (χ1n) is 13.4. The van der Waals surface area contributed by atoms with Gasteiger partial charge in [0, 0.05) is 50.6 Å². The molecule has 41 heavy (non-hydrogen) atoms. The Labute approximate surface area is 235 Å². The van der Waals surface area contributed by atoms with Crippen LogP contribution in [0.4, 0.5) is 10.3 Å².